The van der Waals surface area contributed by atoms with E-state index in [1.54, 1.807) is 25.5 Å². The zero-order chi connectivity index (χ0) is 17.3. The van der Waals surface area contributed by atoms with Gasteiger partial charge in [0.1, 0.15) is 0 Å². The lowest BCUT2D eigenvalue weighted by molar-refractivity contribution is 0.0558. The largest absolute Gasteiger partial charge is 0.384 e. The maximum atomic E-state index is 12.3. The van der Waals surface area contributed by atoms with Crippen molar-refractivity contribution in [1.29, 1.82) is 0 Å². The SMILES string of the molecule is COC[C@@H]1CN(CC(C)C)CC12CCN(S(=O)(=O)N(C)C)CC2. The van der Waals surface area contributed by atoms with Crippen LogP contribution in [-0.2, 0) is 14.9 Å². The molecule has 2 aliphatic rings. The van der Waals surface area contributed by atoms with Gasteiger partial charge in [-0.3, -0.25) is 0 Å². The molecule has 0 saturated carbocycles. The van der Waals surface area contributed by atoms with Crippen molar-refractivity contribution in [2.45, 2.75) is 26.7 Å². The topological polar surface area (TPSA) is 53.1 Å². The quantitative estimate of drug-likeness (QED) is 0.722. The van der Waals surface area contributed by atoms with E-state index in [1.165, 1.54) is 4.31 Å². The molecule has 0 aromatic heterocycles. The lowest BCUT2D eigenvalue weighted by Crippen LogP contribution is -2.50. The van der Waals surface area contributed by atoms with Crippen LogP contribution in [0.5, 0.6) is 0 Å². The van der Waals surface area contributed by atoms with Gasteiger partial charge >= 0.3 is 0 Å². The minimum Gasteiger partial charge on any atom is -0.384 e. The Morgan fingerprint density at radius 3 is 2.35 bits per heavy atom. The predicted octanol–water partition coefficient (Wildman–Crippen LogP) is 1.11. The molecule has 2 rings (SSSR count). The van der Waals surface area contributed by atoms with Crippen molar-refractivity contribution in [3.8, 4) is 0 Å². The molecule has 0 N–H and O–H groups in total. The molecule has 0 aromatic rings. The van der Waals surface area contributed by atoms with Gasteiger partial charge in [-0.2, -0.15) is 17.0 Å². The van der Waals surface area contributed by atoms with Crippen molar-refractivity contribution >= 4 is 10.2 Å². The van der Waals surface area contributed by atoms with Crippen LogP contribution in [0.4, 0.5) is 0 Å². The Morgan fingerprint density at radius 1 is 1.26 bits per heavy atom. The van der Waals surface area contributed by atoms with Crippen LogP contribution in [0, 0.1) is 17.3 Å². The van der Waals surface area contributed by atoms with Crippen molar-refractivity contribution < 1.29 is 13.2 Å². The number of methoxy groups -OCH3 is 1. The summed E-state index contributed by atoms with van der Waals surface area (Å²) in [5, 5.41) is 0. The van der Waals surface area contributed by atoms with Crippen LogP contribution in [0.15, 0.2) is 0 Å². The standard InChI is InChI=1S/C16H33N3O3S/c1-14(2)10-18-11-15(12-22-5)16(13-18)6-8-19(9-7-16)23(20,21)17(3)4/h14-15H,6-13H2,1-5H3/t15-/m0/s1. The number of rotatable bonds is 6. The summed E-state index contributed by atoms with van der Waals surface area (Å²) in [6, 6.07) is 0. The second-order valence-corrected chi connectivity index (χ2v) is 9.93. The molecular formula is C16H33N3O3S. The van der Waals surface area contributed by atoms with Crippen molar-refractivity contribution in [3.05, 3.63) is 0 Å². The maximum absolute atomic E-state index is 12.3. The van der Waals surface area contributed by atoms with Crippen molar-refractivity contribution in [3.63, 3.8) is 0 Å². The Morgan fingerprint density at radius 2 is 1.87 bits per heavy atom. The van der Waals surface area contributed by atoms with Crippen molar-refractivity contribution in [2.24, 2.45) is 17.3 Å². The third kappa shape index (κ3) is 4.07. The molecule has 2 heterocycles. The van der Waals surface area contributed by atoms with Gasteiger partial charge in [0.25, 0.3) is 10.2 Å². The molecule has 23 heavy (non-hydrogen) atoms. The molecule has 0 aromatic carbocycles. The fraction of sp³-hybridized carbons (Fsp3) is 1.00. The first-order valence-electron chi connectivity index (χ1n) is 8.60. The number of nitrogens with zero attached hydrogens (tertiary/aromatic N) is 3. The third-order valence-electron chi connectivity index (χ3n) is 5.38. The van der Waals surface area contributed by atoms with Crippen molar-refractivity contribution in [2.75, 3.05) is 60.5 Å². The molecule has 0 radical (unpaired) electrons. The van der Waals surface area contributed by atoms with Gasteiger partial charge in [-0.1, -0.05) is 13.8 Å². The predicted molar refractivity (Wildman–Crippen MR) is 92.5 cm³/mol. The van der Waals surface area contributed by atoms with E-state index in [0.29, 0.717) is 24.9 Å². The smallest absolute Gasteiger partial charge is 0.281 e. The number of likely N-dealkylation sites (tertiary alicyclic amines) is 1. The molecule has 136 valence electrons. The maximum Gasteiger partial charge on any atom is 0.281 e. The van der Waals surface area contributed by atoms with Crippen LogP contribution in [0.2, 0.25) is 0 Å². The van der Waals surface area contributed by atoms with Gasteiger partial charge in [0.15, 0.2) is 0 Å². The molecule has 1 spiro atoms. The summed E-state index contributed by atoms with van der Waals surface area (Å²) in [4.78, 5) is 2.55. The lowest BCUT2D eigenvalue weighted by Gasteiger charge is -2.42. The molecule has 2 fully saturated rings. The van der Waals surface area contributed by atoms with E-state index in [0.717, 1.165) is 39.1 Å². The first-order valence-corrected chi connectivity index (χ1v) is 10.00. The minimum atomic E-state index is -3.29. The van der Waals surface area contributed by atoms with Crippen molar-refractivity contribution in [1.82, 2.24) is 13.5 Å². The van der Waals surface area contributed by atoms with E-state index < -0.39 is 10.2 Å². The molecule has 7 heteroatoms. The van der Waals surface area contributed by atoms with Gasteiger partial charge in [-0.15, -0.1) is 0 Å². The van der Waals surface area contributed by atoms with Gasteiger partial charge < -0.3 is 9.64 Å². The van der Waals surface area contributed by atoms with Crippen LogP contribution < -0.4 is 0 Å². The minimum absolute atomic E-state index is 0.212. The van der Waals surface area contributed by atoms with E-state index in [9.17, 15) is 8.42 Å². The molecule has 0 unspecified atom stereocenters. The van der Waals surface area contributed by atoms with Gasteiger partial charge in [-0.05, 0) is 24.2 Å². The third-order valence-corrected chi connectivity index (χ3v) is 7.32. The van der Waals surface area contributed by atoms with Gasteiger partial charge in [0, 0.05) is 59.8 Å². The van der Waals surface area contributed by atoms with Gasteiger partial charge in [0.2, 0.25) is 0 Å². The Balaban J connectivity index is 2.07. The number of piperidine rings is 1. The summed E-state index contributed by atoms with van der Waals surface area (Å²) in [5.41, 5.74) is 0.212. The Kier molecular flexibility index (Phi) is 6.11. The summed E-state index contributed by atoms with van der Waals surface area (Å²) < 4.78 is 33.1. The number of ether oxygens (including phenoxy) is 1. The molecule has 0 aliphatic carbocycles. The van der Waals surface area contributed by atoms with Crippen LogP contribution >= 0.6 is 0 Å². The molecule has 2 saturated heterocycles. The summed E-state index contributed by atoms with van der Waals surface area (Å²) >= 11 is 0. The summed E-state index contributed by atoms with van der Waals surface area (Å²) in [6.07, 6.45) is 1.87. The summed E-state index contributed by atoms with van der Waals surface area (Å²) in [5.74, 6) is 1.16. The monoisotopic (exact) mass is 347 g/mol. The summed E-state index contributed by atoms with van der Waals surface area (Å²) in [6.45, 7) is 9.79. The molecule has 6 nitrogen and oxygen atoms in total. The van der Waals surface area contributed by atoms with Crippen LogP contribution in [0.3, 0.4) is 0 Å². The average Bonchev–Trinajstić information content (AvgIpc) is 2.76. The van der Waals surface area contributed by atoms with E-state index in [4.69, 9.17) is 4.74 Å². The highest BCUT2D eigenvalue weighted by Crippen LogP contribution is 2.45. The number of hydrogen-bond acceptors (Lipinski definition) is 4. The molecular weight excluding hydrogens is 314 g/mol. The second kappa shape index (κ2) is 7.35. The van der Waals surface area contributed by atoms with Crippen LogP contribution in [0.1, 0.15) is 26.7 Å². The molecule has 0 bridgehead atoms. The van der Waals surface area contributed by atoms with E-state index >= 15 is 0 Å². The highest BCUT2D eigenvalue weighted by molar-refractivity contribution is 7.86. The van der Waals surface area contributed by atoms with E-state index in [1.807, 2.05) is 0 Å². The highest BCUT2D eigenvalue weighted by atomic mass is 32.2. The molecule has 0 amide bonds. The summed E-state index contributed by atoms with van der Waals surface area (Å²) in [7, 11) is 1.69. The normalized spacial score (nSPS) is 26.7. The van der Waals surface area contributed by atoms with Crippen LogP contribution in [0.25, 0.3) is 0 Å². The first kappa shape index (κ1) is 19.1. The van der Waals surface area contributed by atoms with Gasteiger partial charge in [-0.25, -0.2) is 0 Å². The Hall–Kier alpha value is -0.210. The Labute approximate surface area is 141 Å². The Bertz CT molecular complexity index is 485. The fourth-order valence-corrected chi connectivity index (χ4v) is 5.30. The van der Waals surface area contributed by atoms with E-state index in [-0.39, 0.29) is 5.41 Å². The van der Waals surface area contributed by atoms with E-state index in [2.05, 4.69) is 18.7 Å². The highest BCUT2D eigenvalue weighted by Gasteiger charge is 2.49. The first-order chi connectivity index (χ1) is 10.7. The number of hydrogen-bond donors (Lipinski definition) is 0. The average molecular weight is 348 g/mol. The zero-order valence-corrected chi connectivity index (χ0v) is 16.1. The lowest BCUT2D eigenvalue weighted by atomic mass is 9.71. The molecule has 1 atom stereocenters. The fourth-order valence-electron chi connectivity index (χ4n) is 4.19. The van der Waals surface area contributed by atoms with Crippen LogP contribution in [-0.4, -0.2) is 82.5 Å². The van der Waals surface area contributed by atoms with Gasteiger partial charge in [0.05, 0.1) is 6.61 Å². The molecule has 2 aliphatic heterocycles. The zero-order valence-electron chi connectivity index (χ0n) is 15.3. The second-order valence-electron chi connectivity index (χ2n) is 7.79.